The lowest BCUT2D eigenvalue weighted by Crippen LogP contribution is -2.49. The smallest absolute Gasteiger partial charge is 0.321 e. The number of carbonyl (C=O) groups is 1. The minimum Gasteiger partial charge on any atom is -0.367 e. The maximum Gasteiger partial charge on any atom is 0.321 e. The molecular formula is C26H37ClN6O2. The van der Waals surface area contributed by atoms with Gasteiger partial charge in [-0.2, -0.15) is 4.98 Å². The van der Waals surface area contributed by atoms with Crippen molar-refractivity contribution in [3.05, 3.63) is 34.9 Å². The minimum absolute atomic E-state index is 0.108. The van der Waals surface area contributed by atoms with Gasteiger partial charge in [-0.05, 0) is 51.2 Å². The number of benzene rings is 1. The third-order valence-electron chi connectivity index (χ3n) is 8.17. The zero-order valence-electron chi connectivity index (χ0n) is 21.3. The zero-order valence-corrected chi connectivity index (χ0v) is 22.0. The van der Waals surface area contributed by atoms with Crippen LogP contribution >= 0.6 is 11.6 Å². The number of piperazine rings is 1. The van der Waals surface area contributed by atoms with Crippen molar-refractivity contribution in [3.8, 4) is 0 Å². The fraction of sp³-hybridized carbons (Fsp3) is 0.654. The number of likely N-dealkylation sites (tertiary alicyclic amines) is 1. The number of halogens is 1. The molecule has 190 valence electrons. The van der Waals surface area contributed by atoms with Crippen LogP contribution in [0.25, 0.3) is 0 Å². The lowest BCUT2D eigenvalue weighted by molar-refractivity contribution is 0.169. The van der Waals surface area contributed by atoms with E-state index in [1.165, 1.54) is 0 Å². The first-order valence-corrected chi connectivity index (χ1v) is 13.3. The molecule has 1 aliphatic carbocycles. The van der Waals surface area contributed by atoms with Crippen LogP contribution in [0.15, 0.2) is 22.7 Å². The second-order valence-corrected chi connectivity index (χ2v) is 11.4. The van der Waals surface area contributed by atoms with Crippen molar-refractivity contribution in [2.75, 3.05) is 49.5 Å². The highest BCUT2D eigenvalue weighted by Crippen LogP contribution is 2.47. The zero-order chi connectivity index (χ0) is 24.7. The monoisotopic (exact) mass is 500 g/mol. The summed E-state index contributed by atoms with van der Waals surface area (Å²) in [4.78, 5) is 24.7. The van der Waals surface area contributed by atoms with Crippen LogP contribution < -0.4 is 10.2 Å². The van der Waals surface area contributed by atoms with Crippen LogP contribution in [0.1, 0.15) is 64.6 Å². The molecule has 8 nitrogen and oxygen atoms in total. The molecule has 2 amide bonds. The van der Waals surface area contributed by atoms with E-state index in [-0.39, 0.29) is 11.4 Å². The Morgan fingerprint density at radius 1 is 1.17 bits per heavy atom. The highest BCUT2D eigenvalue weighted by molar-refractivity contribution is 6.34. The molecular weight excluding hydrogens is 464 g/mol. The minimum atomic E-state index is -0.178. The van der Waals surface area contributed by atoms with Gasteiger partial charge in [0.1, 0.15) is 0 Å². The van der Waals surface area contributed by atoms with Crippen molar-refractivity contribution in [3.63, 3.8) is 0 Å². The molecule has 0 bridgehead atoms. The number of anilines is 2. The highest BCUT2D eigenvalue weighted by Gasteiger charge is 2.42. The van der Waals surface area contributed by atoms with E-state index in [2.05, 4.69) is 48.0 Å². The average molecular weight is 501 g/mol. The molecule has 2 aromatic rings. The van der Waals surface area contributed by atoms with Crippen LogP contribution in [-0.4, -0.2) is 71.3 Å². The molecule has 3 fully saturated rings. The van der Waals surface area contributed by atoms with Crippen molar-refractivity contribution >= 4 is 29.0 Å². The van der Waals surface area contributed by atoms with Gasteiger partial charge in [0, 0.05) is 56.6 Å². The number of nitrogens with one attached hydrogen (secondary N) is 1. The fourth-order valence-electron chi connectivity index (χ4n) is 5.29. The molecule has 9 heteroatoms. The van der Waals surface area contributed by atoms with Gasteiger partial charge in [-0.15, -0.1) is 0 Å². The van der Waals surface area contributed by atoms with Gasteiger partial charge >= 0.3 is 6.03 Å². The second-order valence-electron chi connectivity index (χ2n) is 11.0. The molecule has 1 N–H and O–H groups in total. The maximum atomic E-state index is 13.3. The Morgan fingerprint density at radius 3 is 2.49 bits per heavy atom. The normalized spacial score (nSPS) is 24.6. The topological polar surface area (TPSA) is 77.7 Å². The molecule has 0 unspecified atom stereocenters. The van der Waals surface area contributed by atoms with Crippen molar-refractivity contribution in [2.45, 2.75) is 64.3 Å². The van der Waals surface area contributed by atoms with Gasteiger partial charge in [0.15, 0.2) is 5.82 Å². The average Bonchev–Trinajstić information content (AvgIpc) is 3.36. The number of rotatable bonds is 5. The van der Waals surface area contributed by atoms with Crippen LogP contribution in [0.4, 0.5) is 16.2 Å². The molecule has 0 radical (unpaired) electrons. The predicted molar refractivity (Wildman–Crippen MR) is 138 cm³/mol. The summed E-state index contributed by atoms with van der Waals surface area (Å²) in [5, 5.41) is 8.00. The first-order chi connectivity index (χ1) is 16.7. The SMILES string of the molecule is CC(C)N1CCN(c2cccc(Cl)c2NC(=O)N2CCC(C)(c3noc([C@H]4C[C@H]4C)n3)CC2)CC1. The first-order valence-electron chi connectivity index (χ1n) is 12.9. The Labute approximate surface area is 213 Å². The molecule has 3 heterocycles. The summed E-state index contributed by atoms with van der Waals surface area (Å²) >= 11 is 6.58. The lowest BCUT2D eigenvalue weighted by atomic mass is 9.80. The van der Waals surface area contributed by atoms with E-state index in [0.717, 1.165) is 62.8 Å². The van der Waals surface area contributed by atoms with E-state index in [1.807, 2.05) is 23.1 Å². The van der Waals surface area contributed by atoms with Gasteiger partial charge in [-0.25, -0.2) is 4.79 Å². The summed E-state index contributed by atoms with van der Waals surface area (Å²) in [6, 6.07) is 6.27. The van der Waals surface area contributed by atoms with Gasteiger partial charge in [0.2, 0.25) is 5.89 Å². The Morgan fingerprint density at radius 2 is 1.86 bits per heavy atom. The molecule has 2 aliphatic heterocycles. The van der Waals surface area contributed by atoms with Gasteiger partial charge in [-0.3, -0.25) is 4.90 Å². The number of nitrogens with zero attached hydrogens (tertiary/aromatic N) is 5. The standard InChI is InChI=1S/C26H37ClN6O2/c1-17(2)31-12-14-32(15-13-31)21-7-5-6-20(27)22(21)28-25(34)33-10-8-26(4,9-11-33)24-29-23(35-30-24)19-16-18(19)3/h5-7,17-19H,8-16H2,1-4H3,(H,28,34)/t18-,19+/m1/s1. The predicted octanol–water partition coefficient (Wildman–Crippen LogP) is 4.96. The summed E-state index contributed by atoms with van der Waals surface area (Å²) in [5.41, 5.74) is 1.51. The third-order valence-corrected chi connectivity index (χ3v) is 8.49. The molecule has 5 rings (SSSR count). The number of para-hydroxylation sites is 1. The summed E-state index contributed by atoms with van der Waals surface area (Å²) in [6.45, 7) is 14.0. The van der Waals surface area contributed by atoms with Crippen molar-refractivity contribution in [1.82, 2.24) is 19.9 Å². The highest BCUT2D eigenvalue weighted by atomic mass is 35.5. The van der Waals surface area contributed by atoms with E-state index >= 15 is 0 Å². The van der Waals surface area contributed by atoms with Crippen molar-refractivity contribution in [2.24, 2.45) is 5.92 Å². The van der Waals surface area contributed by atoms with Crippen molar-refractivity contribution < 1.29 is 9.32 Å². The lowest BCUT2D eigenvalue weighted by Gasteiger charge is -2.39. The Kier molecular flexibility index (Phi) is 6.70. The van der Waals surface area contributed by atoms with Crippen LogP contribution in [0, 0.1) is 5.92 Å². The van der Waals surface area contributed by atoms with E-state index in [9.17, 15) is 4.79 Å². The number of hydrogen-bond acceptors (Lipinski definition) is 6. The number of piperidine rings is 1. The number of carbonyl (C=O) groups excluding carboxylic acids is 1. The van der Waals surface area contributed by atoms with Gasteiger partial charge < -0.3 is 19.6 Å². The Hall–Kier alpha value is -2.32. The molecule has 1 aromatic heterocycles. The quantitative estimate of drug-likeness (QED) is 0.625. The largest absolute Gasteiger partial charge is 0.367 e. The van der Waals surface area contributed by atoms with Crippen LogP contribution in [0.2, 0.25) is 5.02 Å². The molecule has 2 saturated heterocycles. The van der Waals surface area contributed by atoms with Gasteiger partial charge in [0.25, 0.3) is 0 Å². The van der Waals surface area contributed by atoms with Crippen molar-refractivity contribution in [1.29, 1.82) is 0 Å². The van der Waals surface area contributed by atoms with Crippen LogP contribution in [-0.2, 0) is 5.41 Å². The Balaban J connectivity index is 1.22. The molecule has 2 atom stereocenters. The maximum absolute atomic E-state index is 13.3. The summed E-state index contributed by atoms with van der Waals surface area (Å²) < 4.78 is 5.56. The number of urea groups is 1. The molecule has 1 saturated carbocycles. The molecule has 1 aromatic carbocycles. The fourth-order valence-corrected chi connectivity index (χ4v) is 5.51. The first kappa shape index (κ1) is 24.4. The molecule has 35 heavy (non-hydrogen) atoms. The van der Waals surface area contributed by atoms with Gasteiger partial charge in [-0.1, -0.05) is 36.7 Å². The third kappa shape index (κ3) is 5.00. The van der Waals surface area contributed by atoms with Crippen LogP contribution in [0.5, 0.6) is 0 Å². The number of aromatic nitrogens is 2. The number of hydrogen-bond donors (Lipinski definition) is 1. The Bertz CT molecular complexity index is 1060. The summed E-state index contributed by atoms with van der Waals surface area (Å²) in [6.07, 6.45) is 2.72. The molecule has 0 spiro atoms. The summed E-state index contributed by atoms with van der Waals surface area (Å²) in [5.74, 6) is 2.61. The van der Waals surface area contributed by atoms with E-state index in [1.54, 1.807) is 0 Å². The second kappa shape index (κ2) is 9.62. The van der Waals surface area contributed by atoms with Gasteiger partial charge in [0.05, 0.1) is 16.4 Å². The van der Waals surface area contributed by atoms with E-state index < -0.39 is 0 Å². The van der Waals surface area contributed by atoms with E-state index in [4.69, 9.17) is 21.1 Å². The summed E-state index contributed by atoms with van der Waals surface area (Å²) in [7, 11) is 0. The number of amides is 2. The van der Waals surface area contributed by atoms with E-state index in [0.29, 0.717) is 41.7 Å². The molecule has 3 aliphatic rings. The van der Waals surface area contributed by atoms with Crippen LogP contribution in [0.3, 0.4) is 0 Å².